The summed E-state index contributed by atoms with van der Waals surface area (Å²) < 4.78 is 33.1. The van der Waals surface area contributed by atoms with Crippen LogP contribution in [0.5, 0.6) is 0 Å². The van der Waals surface area contributed by atoms with Gasteiger partial charge in [-0.15, -0.1) is 0 Å². The van der Waals surface area contributed by atoms with E-state index in [0.29, 0.717) is 23.9 Å². The van der Waals surface area contributed by atoms with Gasteiger partial charge in [0.2, 0.25) is 0 Å². The predicted molar refractivity (Wildman–Crippen MR) is 164 cm³/mol. The molecule has 0 aliphatic rings. The number of likely N-dealkylation sites (N-methyl/N-ethyl adjacent to an activating group) is 1. The fourth-order valence-electron chi connectivity index (χ4n) is 3.03. The maximum atomic E-state index is 12.3. The number of allylic oxidation sites excluding steroid dienone is 10. The number of quaternary nitrogens is 1. The van der Waals surface area contributed by atoms with E-state index in [0.717, 1.165) is 32.1 Å². The Morgan fingerprint density at radius 2 is 1.32 bits per heavy atom. The fraction of sp³-hybridized carbons (Fsp3) is 0.613. The number of carbonyl (C=O) groups excluding carboxylic acids is 2. The van der Waals surface area contributed by atoms with Crippen molar-refractivity contribution in [3.8, 4) is 0 Å². The molecule has 234 valence electrons. The normalized spacial score (nSPS) is 15.0. The van der Waals surface area contributed by atoms with E-state index in [1.807, 2.05) is 27.2 Å². The lowest BCUT2D eigenvalue weighted by atomic mass is 10.2. The molecule has 0 saturated carbocycles. The Morgan fingerprint density at radius 3 is 1.83 bits per heavy atom. The molecule has 1 N–H and O–H groups in total. The van der Waals surface area contributed by atoms with Crippen LogP contribution >= 0.6 is 7.82 Å². The Balaban J connectivity index is 4.31. The summed E-state index contributed by atoms with van der Waals surface area (Å²) >= 11 is 0. The average molecular weight is 599 g/mol. The van der Waals surface area contributed by atoms with Crippen molar-refractivity contribution in [2.75, 3.05) is 47.5 Å². The van der Waals surface area contributed by atoms with Gasteiger partial charge < -0.3 is 18.9 Å². The van der Waals surface area contributed by atoms with Crippen molar-refractivity contribution in [3.05, 3.63) is 60.8 Å². The van der Waals surface area contributed by atoms with Crippen LogP contribution < -0.4 is 0 Å². The topological polar surface area (TPSA) is 108 Å². The van der Waals surface area contributed by atoms with Gasteiger partial charge >= 0.3 is 19.8 Å². The second-order valence-electron chi connectivity index (χ2n) is 10.4. The second-order valence-corrected chi connectivity index (χ2v) is 11.8. The fourth-order valence-corrected chi connectivity index (χ4v) is 3.77. The van der Waals surface area contributed by atoms with Crippen LogP contribution in [0.1, 0.15) is 71.6 Å². The monoisotopic (exact) mass is 598 g/mol. The molecule has 2 atom stereocenters. The molecule has 0 aliphatic heterocycles. The Hall–Kier alpha value is -2.29. The molecule has 0 rings (SSSR count). The van der Waals surface area contributed by atoms with Crippen LogP contribution in [0.15, 0.2) is 60.8 Å². The molecule has 0 heterocycles. The van der Waals surface area contributed by atoms with Crippen LogP contribution in [-0.2, 0) is 32.7 Å². The summed E-state index contributed by atoms with van der Waals surface area (Å²) in [7, 11) is 1.42. The largest absolute Gasteiger partial charge is 0.472 e. The second kappa shape index (κ2) is 24.3. The SMILES string of the molecule is CC/C=C\C/C=C\C/C=C\C/C=C\C/C=C\CCCC(=O)OC(COC(=O)CC)COP(=O)(O)OCC[N+](C)(C)C. The van der Waals surface area contributed by atoms with Gasteiger partial charge in [-0.05, 0) is 44.9 Å². The number of phosphoric acid groups is 1. The van der Waals surface area contributed by atoms with Crippen molar-refractivity contribution >= 4 is 19.8 Å². The van der Waals surface area contributed by atoms with E-state index in [4.69, 9.17) is 18.5 Å². The van der Waals surface area contributed by atoms with Crippen molar-refractivity contribution in [1.82, 2.24) is 0 Å². The van der Waals surface area contributed by atoms with Gasteiger partial charge in [0.15, 0.2) is 6.10 Å². The highest BCUT2D eigenvalue weighted by Gasteiger charge is 2.26. The zero-order valence-corrected chi connectivity index (χ0v) is 26.6. The molecule has 0 aromatic heterocycles. The lowest BCUT2D eigenvalue weighted by Gasteiger charge is -2.24. The molecule has 0 spiro atoms. The maximum Gasteiger partial charge on any atom is 0.472 e. The van der Waals surface area contributed by atoms with Crippen LogP contribution in [-0.4, -0.2) is 74.9 Å². The van der Waals surface area contributed by atoms with E-state index in [-0.39, 0.29) is 26.1 Å². The summed E-state index contributed by atoms with van der Waals surface area (Å²) in [5.41, 5.74) is 0. The molecule has 0 amide bonds. The number of ether oxygens (including phenoxy) is 2. The third-order valence-corrected chi connectivity index (χ3v) is 6.35. The molecule has 0 aromatic rings. The Kier molecular flexibility index (Phi) is 23.0. The highest BCUT2D eigenvalue weighted by atomic mass is 31.2. The summed E-state index contributed by atoms with van der Waals surface area (Å²) in [6, 6.07) is 0. The summed E-state index contributed by atoms with van der Waals surface area (Å²) in [4.78, 5) is 33.8. The molecule has 41 heavy (non-hydrogen) atoms. The van der Waals surface area contributed by atoms with Gasteiger partial charge in [-0.3, -0.25) is 18.6 Å². The lowest BCUT2D eigenvalue weighted by Crippen LogP contribution is -2.37. The third kappa shape index (κ3) is 27.6. The van der Waals surface area contributed by atoms with E-state index >= 15 is 0 Å². The maximum absolute atomic E-state index is 12.3. The minimum atomic E-state index is -4.35. The molecule has 0 aromatic carbocycles. The summed E-state index contributed by atoms with van der Waals surface area (Å²) in [5.74, 6) is -0.979. The third-order valence-electron chi connectivity index (χ3n) is 5.37. The quantitative estimate of drug-likeness (QED) is 0.0435. The van der Waals surface area contributed by atoms with E-state index in [1.54, 1.807) is 6.92 Å². The van der Waals surface area contributed by atoms with Gasteiger partial charge in [0.25, 0.3) is 0 Å². The molecular formula is C31H53NO8P+. The predicted octanol–water partition coefficient (Wildman–Crippen LogP) is 6.61. The minimum absolute atomic E-state index is 0.0162. The van der Waals surface area contributed by atoms with Crippen LogP contribution in [0.3, 0.4) is 0 Å². The first-order chi connectivity index (χ1) is 19.5. The van der Waals surface area contributed by atoms with Gasteiger partial charge in [0.05, 0.1) is 27.7 Å². The minimum Gasteiger partial charge on any atom is -0.462 e. The number of esters is 2. The van der Waals surface area contributed by atoms with Crippen molar-refractivity contribution in [1.29, 1.82) is 0 Å². The summed E-state index contributed by atoms with van der Waals surface area (Å²) in [5, 5.41) is 0. The smallest absolute Gasteiger partial charge is 0.462 e. The molecule has 0 bridgehead atoms. The number of carbonyl (C=O) groups is 2. The molecule has 0 radical (unpaired) electrons. The molecule has 9 nitrogen and oxygen atoms in total. The number of rotatable bonds is 24. The number of hydrogen-bond acceptors (Lipinski definition) is 7. The molecule has 2 unspecified atom stereocenters. The van der Waals surface area contributed by atoms with Crippen molar-refractivity contribution in [3.63, 3.8) is 0 Å². The van der Waals surface area contributed by atoms with E-state index in [2.05, 4.69) is 61.6 Å². The van der Waals surface area contributed by atoms with Crippen molar-refractivity contribution < 1.29 is 42.1 Å². The van der Waals surface area contributed by atoms with Gasteiger partial charge in [-0.25, -0.2) is 4.57 Å². The number of unbranched alkanes of at least 4 members (excludes halogenated alkanes) is 1. The van der Waals surface area contributed by atoms with E-state index in [9.17, 15) is 19.0 Å². The molecule has 0 aliphatic carbocycles. The molecule has 10 heteroatoms. The van der Waals surface area contributed by atoms with Gasteiger partial charge in [0.1, 0.15) is 19.8 Å². The zero-order valence-electron chi connectivity index (χ0n) is 25.7. The average Bonchev–Trinajstić information content (AvgIpc) is 2.90. The van der Waals surface area contributed by atoms with Crippen LogP contribution in [0.25, 0.3) is 0 Å². The number of hydrogen-bond donors (Lipinski definition) is 1. The van der Waals surface area contributed by atoms with Crippen LogP contribution in [0.4, 0.5) is 0 Å². The first-order valence-corrected chi connectivity index (χ1v) is 16.0. The van der Waals surface area contributed by atoms with Gasteiger partial charge in [-0.1, -0.05) is 74.6 Å². The summed E-state index contributed by atoms with van der Waals surface area (Å²) in [6.45, 7) is 3.58. The number of nitrogens with zero attached hydrogens (tertiary/aromatic N) is 1. The van der Waals surface area contributed by atoms with Crippen LogP contribution in [0.2, 0.25) is 0 Å². The van der Waals surface area contributed by atoms with Gasteiger partial charge in [0, 0.05) is 12.8 Å². The Morgan fingerprint density at radius 1 is 0.780 bits per heavy atom. The van der Waals surface area contributed by atoms with E-state index < -0.39 is 32.5 Å². The zero-order chi connectivity index (χ0) is 30.8. The first kappa shape index (κ1) is 38.7. The Labute approximate surface area is 247 Å². The highest BCUT2D eigenvalue weighted by Crippen LogP contribution is 2.43. The van der Waals surface area contributed by atoms with Crippen molar-refractivity contribution in [2.24, 2.45) is 0 Å². The molecular weight excluding hydrogens is 545 g/mol. The van der Waals surface area contributed by atoms with Gasteiger partial charge in [-0.2, -0.15) is 0 Å². The number of phosphoric ester groups is 1. The highest BCUT2D eigenvalue weighted by molar-refractivity contribution is 7.47. The Bertz CT molecular complexity index is 902. The van der Waals surface area contributed by atoms with E-state index in [1.165, 1.54) is 0 Å². The standard InChI is InChI=1S/C31H52NO8P/c1-6-8-9-10-11-12-13-14-15-16-17-18-19-20-21-22-23-24-31(34)40-29(27-37-30(33)7-2)28-39-41(35,36)38-26-25-32(3,4)5/h8-9,11-12,14-15,17-18,20-21,29H,6-7,10,13,16,19,22-28H2,1-5H3/p+1/b9-8-,12-11-,15-14-,18-17-,21-20-. The van der Waals surface area contributed by atoms with Crippen molar-refractivity contribution in [2.45, 2.75) is 77.7 Å². The molecule has 0 saturated heterocycles. The lowest BCUT2D eigenvalue weighted by molar-refractivity contribution is -0.870. The first-order valence-electron chi connectivity index (χ1n) is 14.5. The van der Waals surface area contributed by atoms with Crippen LogP contribution in [0, 0.1) is 0 Å². The molecule has 0 fully saturated rings. The summed E-state index contributed by atoms with van der Waals surface area (Å²) in [6.07, 6.45) is 26.6.